The number of benzene rings is 2. The SMILES string of the molecule is O=C(OC1CCCCC1[Se]c1ccccc1)c1ccc2c(c1)OCO2. The van der Waals surface area contributed by atoms with Crippen molar-refractivity contribution < 1.29 is 19.0 Å². The summed E-state index contributed by atoms with van der Waals surface area (Å²) in [5.41, 5.74) is 0.529. The van der Waals surface area contributed by atoms with Gasteiger partial charge in [-0.25, -0.2) is 0 Å². The molecule has 1 heterocycles. The Hall–Kier alpha value is -1.97. The summed E-state index contributed by atoms with van der Waals surface area (Å²) in [5.74, 6) is 1.03. The van der Waals surface area contributed by atoms with E-state index in [-0.39, 0.29) is 18.9 Å². The molecule has 1 fully saturated rings. The maximum atomic E-state index is 12.6. The molecule has 0 aromatic heterocycles. The van der Waals surface area contributed by atoms with Crippen LogP contribution < -0.4 is 13.9 Å². The molecule has 4 rings (SSSR count). The average molecular weight is 403 g/mol. The van der Waals surface area contributed by atoms with Gasteiger partial charge in [-0.2, -0.15) is 0 Å². The molecule has 4 nitrogen and oxygen atoms in total. The van der Waals surface area contributed by atoms with Gasteiger partial charge in [-0.05, 0) is 0 Å². The van der Waals surface area contributed by atoms with Crippen LogP contribution in [0.4, 0.5) is 0 Å². The molecule has 2 aliphatic rings. The van der Waals surface area contributed by atoms with E-state index in [1.54, 1.807) is 18.2 Å². The van der Waals surface area contributed by atoms with E-state index in [9.17, 15) is 4.79 Å². The van der Waals surface area contributed by atoms with Gasteiger partial charge < -0.3 is 0 Å². The van der Waals surface area contributed by atoms with Crippen molar-refractivity contribution in [1.82, 2.24) is 0 Å². The average Bonchev–Trinajstić information content (AvgIpc) is 3.12. The Morgan fingerprint density at radius 3 is 2.68 bits per heavy atom. The summed E-state index contributed by atoms with van der Waals surface area (Å²) in [6.07, 6.45) is 4.44. The van der Waals surface area contributed by atoms with Crippen LogP contribution in [-0.4, -0.2) is 33.8 Å². The summed E-state index contributed by atoms with van der Waals surface area (Å²) >= 11 is 0.321. The van der Waals surface area contributed by atoms with Crippen molar-refractivity contribution >= 4 is 25.4 Å². The molecule has 2 unspecified atom stereocenters. The molecule has 0 radical (unpaired) electrons. The van der Waals surface area contributed by atoms with Gasteiger partial charge in [-0.3, -0.25) is 0 Å². The molecular formula is C20H20O4Se. The first-order valence-corrected chi connectivity index (χ1v) is 10.5. The third kappa shape index (κ3) is 3.83. The summed E-state index contributed by atoms with van der Waals surface area (Å²) in [6.45, 7) is 0.206. The molecule has 0 amide bonds. The Morgan fingerprint density at radius 2 is 1.80 bits per heavy atom. The van der Waals surface area contributed by atoms with Crippen LogP contribution in [0.25, 0.3) is 0 Å². The minimum absolute atomic E-state index is 0.00637. The Balaban J connectivity index is 1.45. The molecule has 25 heavy (non-hydrogen) atoms. The predicted molar refractivity (Wildman–Crippen MR) is 95.8 cm³/mol. The van der Waals surface area contributed by atoms with Crippen LogP contribution in [0.1, 0.15) is 36.0 Å². The zero-order chi connectivity index (χ0) is 17.1. The molecule has 130 valence electrons. The molecule has 0 saturated heterocycles. The van der Waals surface area contributed by atoms with Gasteiger partial charge in [0.2, 0.25) is 0 Å². The number of hydrogen-bond donors (Lipinski definition) is 0. The number of esters is 1. The number of carbonyl (C=O) groups is 1. The molecule has 2 aromatic rings. The Labute approximate surface area is 153 Å². The molecule has 0 spiro atoms. The maximum absolute atomic E-state index is 12.6. The van der Waals surface area contributed by atoms with E-state index >= 15 is 0 Å². The Morgan fingerprint density at radius 1 is 1.00 bits per heavy atom. The molecule has 0 bridgehead atoms. The van der Waals surface area contributed by atoms with E-state index in [2.05, 4.69) is 24.3 Å². The van der Waals surface area contributed by atoms with Crippen LogP contribution in [0.5, 0.6) is 11.5 Å². The molecule has 0 N–H and O–H groups in total. The Bertz CT molecular complexity index is 747. The van der Waals surface area contributed by atoms with Gasteiger partial charge in [0.1, 0.15) is 0 Å². The summed E-state index contributed by atoms with van der Waals surface area (Å²) in [6, 6.07) is 15.8. The van der Waals surface area contributed by atoms with Crippen LogP contribution in [0.2, 0.25) is 4.82 Å². The third-order valence-corrected chi connectivity index (χ3v) is 7.45. The quantitative estimate of drug-likeness (QED) is 0.580. The fraction of sp³-hybridized carbons (Fsp3) is 0.350. The van der Waals surface area contributed by atoms with Crippen LogP contribution in [0.3, 0.4) is 0 Å². The minimum atomic E-state index is -0.265. The Kier molecular flexibility index (Phi) is 4.95. The first-order valence-electron chi connectivity index (χ1n) is 8.62. The third-order valence-electron chi connectivity index (χ3n) is 4.54. The molecule has 1 aliphatic carbocycles. The van der Waals surface area contributed by atoms with E-state index in [0.29, 0.717) is 36.8 Å². The van der Waals surface area contributed by atoms with Crippen LogP contribution in [0, 0.1) is 0 Å². The zero-order valence-corrected chi connectivity index (χ0v) is 15.6. The first kappa shape index (κ1) is 16.5. The molecule has 1 aliphatic heterocycles. The second-order valence-corrected chi connectivity index (χ2v) is 9.02. The molecule has 2 atom stereocenters. The number of rotatable bonds is 4. The van der Waals surface area contributed by atoms with Crippen molar-refractivity contribution in [3.05, 3.63) is 54.1 Å². The van der Waals surface area contributed by atoms with Crippen molar-refractivity contribution in [1.29, 1.82) is 0 Å². The summed E-state index contributed by atoms with van der Waals surface area (Å²) in [4.78, 5) is 13.0. The fourth-order valence-corrected chi connectivity index (χ4v) is 5.95. The predicted octanol–water partition coefficient (Wildman–Crippen LogP) is 3.33. The second-order valence-electron chi connectivity index (χ2n) is 6.27. The zero-order valence-electron chi connectivity index (χ0n) is 13.9. The van der Waals surface area contributed by atoms with Crippen molar-refractivity contribution in [2.24, 2.45) is 0 Å². The molecule has 1 saturated carbocycles. The van der Waals surface area contributed by atoms with Gasteiger partial charge in [0.25, 0.3) is 0 Å². The normalized spacial score (nSPS) is 21.8. The van der Waals surface area contributed by atoms with Gasteiger partial charge in [0.05, 0.1) is 0 Å². The topological polar surface area (TPSA) is 44.8 Å². The fourth-order valence-electron chi connectivity index (χ4n) is 3.24. The number of fused-ring (bicyclic) bond motifs is 1. The van der Waals surface area contributed by atoms with E-state index in [0.717, 1.165) is 19.3 Å². The molecule has 2 aromatic carbocycles. The van der Waals surface area contributed by atoms with Crippen molar-refractivity contribution in [3.63, 3.8) is 0 Å². The second kappa shape index (κ2) is 7.50. The van der Waals surface area contributed by atoms with E-state index in [1.807, 2.05) is 6.07 Å². The van der Waals surface area contributed by atoms with Crippen molar-refractivity contribution in [3.8, 4) is 11.5 Å². The summed E-state index contributed by atoms with van der Waals surface area (Å²) in [7, 11) is 0. The van der Waals surface area contributed by atoms with Crippen LogP contribution in [0.15, 0.2) is 48.5 Å². The summed E-state index contributed by atoms with van der Waals surface area (Å²) in [5, 5.41) is 0. The van der Waals surface area contributed by atoms with Crippen LogP contribution in [-0.2, 0) is 4.74 Å². The number of carbonyl (C=O) groups excluding carboxylic acids is 1. The number of hydrogen-bond acceptors (Lipinski definition) is 4. The van der Waals surface area contributed by atoms with Gasteiger partial charge in [-0.1, -0.05) is 0 Å². The molecular weight excluding hydrogens is 383 g/mol. The van der Waals surface area contributed by atoms with E-state index in [1.165, 1.54) is 10.9 Å². The van der Waals surface area contributed by atoms with Gasteiger partial charge in [0, 0.05) is 0 Å². The van der Waals surface area contributed by atoms with Gasteiger partial charge >= 0.3 is 153 Å². The van der Waals surface area contributed by atoms with Gasteiger partial charge in [-0.15, -0.1) is 0 Å². The standard InChI is InChI=1S/C20H20O4Se/c21-20(14-10-11-16-18(12-14)23-13-22-16)24-17-8-4-5-9-19(17)25-15-6-2-1-3-7-15/h1-3,6-7,10-12,17,19H,4-5,8-9,13H2. The summed E-state index contributed by atoms with van der Waals surface area (Å²) < 4.78 is 17.9. The monoisotopic (exact) mass is 404 g/mol. The van der Waals surface area contributed by atoms with Crippen molar-refractivity contribution in [2.45, 2.75) is 36.6 Å². The first-order chi connectivity index (χ1) is 12.3. The van der Waals surface area contributed by atoms with E-state index < -0.39 is 0 Å². The number of ether oxygens (including phenoxy) is 3. The van der Waals surface area contributed by atoms with Crippen LogP contribution >= 0.6 is 0 Å². The molecule has 5 heteroatoms. The van der Waals surface area contributed by atoms with Crippen molar-refractivity contribution in [2.75, 3.05) is 6.79 Å². The van der Waals surface area contributed by atoms with E-state index in [4.69, 9.17) is 14.2 Å². The van der Waals surface area contributed by atoms with Gasteiger partial charge in [0.15, 0.2) is 0 Å².